The molecule has 0 aliphatic carbocycles. The molecule has 3 N–H and O–H groups in total. The van der Waals surface area contributed by atoms with Gasteiger partial charge in [-0.05, 0) is 37.1 Å². The molecule has 0 bridgehead atoms. The average molecular weight is 401 g/mol. The average Bonchev–Trinajstić information content (AvgIpc) is 2.68. The van der Waals surface area contributed by atoms with Crippen LogP contribution in [0.1, 0.15) is 24.5 Å². The summed E-state index contributed by atoms with van der Waals surface area (Å²) in [4.78, 5) is 35.8. The molecule has 8 heteroatoms. The summed E-state index contributed by atoms with van der Waals surface area (Å²) in [5.74, 6) is -2.06. The molecule has 146 valence electrons. The van der Waals surface area contributed by atoms with E-state index in [0.717, 1.165) is 5.56 Å². The first-order chi connectivity index (χ1) is 13.4. The molecule has 2 aromatic rings. The van der Waals surface area contributed by atoms with Gasteiger partial charge in [-0.1, -0.05) is 48.0 Å². The number of hydrazone groups is 1. The van der Waals surface area contributed by atoms with Gasteiger partial charge in [-0.2, -0.15) is 5.10 Å². The topological polar surface area (TPSA) is 99.7 Å². The number of halogens is 1. The third-order valence-electron chi connectivity index (χ3n) is 3.82. The third kappa shape index (κ3) is 6.51. The molecular weight excluding hydrogens is 380 g/mol. The molecule has 0 fully saturated rings. The normalized spacial score (nSPS) is 10.9. The second-order valence-corrected chi connectivity index (χ2v) is 6.50. The molecule has 0 heterocycles. The van der Waals surface area contributed by atoms with Gasteiger partial charge in [0.2, 0.25) is 5.91 Å². The Morgan fingerprint density at radius 3 is 2.43 bits per heavy atom. The van der Waals surface area contributed by atoms with E-state index >= 15 is 0 Å². The van der Waals surface area contributed by atoms with Crippen molar-refractivity contribution in [3.8, 4) is 0 Å². The standard InChI is InChI=1S/C20H21ClN4O3/c1-13(11-18(26)22-12-15-7-4-3-5-8-15)24-25-20(28)19(27)23-17-10-6-9-16(21)14(17)2/h3-10H,11-12H2,1-2H3,(H,22,26)(H,23,27)(H,25,28)/b24-13-. The lowest BCUT2D eigenvalue weighted by molar-refractivity contribution is -0.136. The van der Waals surface area contributed by atoms with Gasteiger partial charge in [0.25, 0.3) is 0 Å². The summed E-state index contributed by atoms with van der Waals surface area (Å²) >= 11 is 5.98. The Balaban J connectivity index is 1.80. The van der Waals surface area contributed by atoms with Crippen molar-refractivity contribution >= 4 is 40.7 Å². The monoisotopic (exact) mass is 400 g/mol. The summed E-state index contributed by atoms with van der Waals surface area (Å²) in [7, 11) is 0. The second-order valence-electron chi connectivity index (χ2n) is 6.09. The molecule has 0 unspecified atom stereocenters. The van der Waals surface area contributed by atoms with Gasteiger partial charge in [0.15, 0.2) is 0 Å². The van der Waals surface area contributed by atoms with Crippen molar-refractivity contribution in [2.24, 2.45) is 5.10 Å². The van der Waals surface area contributed by atoms with Gasteiger partial charge in [-0.25, -0.2) is 5.43 Å². The van der Waals surface area contributed by atoms with Crippen LogP contribution in [0.4, 0.5) is 5.69 Å². The summed E-state index contributed by atoms with van der Waals surface area (Å²) in [5.41, 5.74) is 4.58. The largest absolute Gasteiger partial charge is 0.352 e. The number of carbonyl (C=O) groups is 3. The smallest absolute Gasteiger partial charge is 0.329 e. The zero-order valence-corrected chi connectivity index (χ0v) is 16.3. The van der Waals surface area contributed by atoms with Crippen LogP contribution >= 0.6 is 11.6 Å². The SMILES string of the molecule is C/C(CC(=O)NCc1ccccc1)=N/NC(=O)C(=O)Nc1cccc(Cl)c1C. The molecule has 0 aromatic heterocycles. The number of hydrogen-bond acceptors (Lipinski definition) is 4. The first kappa shape index (κ1) is 21.1. The minimum Gasteiger partial charge on any atom is -0.352 e. The zero-order chi connectivity index (χ0) is 20.5. The predicted molar refractivity (Wildman–Crippen MR) is 109 cm³/mol. The van der Waals surface area contributed by atoms with Crippen molar-refractivity contribution in [1.82, 2.24) is 10.7 Å². The van der Waals surface area contributed by atoms with Gasteiger partial charge in [-0.3, -0.25) is 14.4 Å². The number of benzene rings is 2. The highest BCUT2D eigenvalue weighted by atomic mass is 35.5. The number of carbonyl (C=O) groups excluding carboxylic acids is 3. The van der Waals surface area contributed by atoms with Crippen LogP contribution in [0.3, 0.4) is 0 Å². The highest BCUT2D eigenvalue weighted by Gasteiger charge is 2.15. The van der Waals surface area contributed by atoms with E-state index in [-0.39, 0.29) is 12.3 Å². The Labute approximate surface area is 168 Å². The molecule has 0 aliphatic rings. The fourth-order valence-corrected chi connectivity index (χ4v) is 2.42. The highest BCUT2D eigenvalue weighted by molar-refractivity contribution is 6.40. The van der Waals surface area contributed by atoms with Crippen LogP contribution in [0.25, 0.3) is 0 Å². The van der Waals surface area contributed by atoms with E-state index in [9.17, 15) is 14.4 Å². The summed E-state index contributed by atoms with van der Waals surface area (Å²) in [6, 6.07) is 14.5. The van der Waals surface area contributed by atoms with E-state index in [2.05, 4.69) is 21.2 Å². The van der Waals surface area contributed by atoms with Gasteiger partial charge in [0.1, 0.15) is 0 Å². The Bertz CT molecular complexity index is 898. The Morgan fingerprint density at radius 1 is 1.00 bits per heavy atom. The van der Waals surface area contributed by atoms with Crippen LogP contribution in [-0.2, 0) is 20.9 Å². The number of nitrogens with zero attached hydrogens (tertiary/aromatic N) is 1. The summed E-state index contributed by atoms with van der Waals surface area (Å²) < 4.78 is 0. The van der Waals surface area contributed by atoms with Crippen LogP contribution in [0, 0.1) is 6.92 Å². The number of nitrogens with one attached hydrogen (secondary N) is 3. The fourth-order valence-electron chi connectivity index (χ4n) is 2.25. The van der Waals surface area contributed by atoms with E-state index in [1.165, 1.54) is 0 Å². The number of hydrogen-bond donors (Lipinski definition) is 3. The van der Waals surface area contributed by atoms with Gasteiger partial charge in [0, 0.05) is 23.0 Å². The van der Waals surface area contributed by atoms with E-state index in [0.29, 0.717) is 28.5 Å². The van der Waals surface area contributed by atoms with Crippen LogP contribution < -0.4 is 16.1 Å². The Hall–Kier alpha value is -3.19. The molecule has 0 aliphatic heterocycles. The summed E-state index contributed by atoms with van der Waals surface area (Å²) in [6.45, 7) is 3.72. The quantitative estimate of drug-likeness (QED) is 0.395. The molecular formula is C20H21ClN4O3. The summed E-state index contributed by atoms with van der Waals surface area (Å²) in [6.07, 6.45) is 0.00212. The minimum absolute atomic E-state index is 0.00212. The van der Waals surface area contributed by atoms with Crippen LogP contribution in [0.2, 0.25) is 5.02 Å². The van der Waals surface area contributed by atoms with Gasteiger partial charge < -0.3 is 10.6 Å². The fraction of sp³-hybridized carbons (Fsp3) is 0.200. The van der Waals surface area contributed by atoms with Crippen LogP contribution in [0.15, 0.2) is 53.6 Å². The zero-order valence-electron chi connectivity index (χ0n) is 15.6. The maximum Gasteiger partial charge on any atom is 0.329 e. The van der Waals surface area contributed by atoms with Crippen molar-refractivity contribution in [1.29, 1.82) is 0 Å². The molecule has 28 heavy (non-hydrogen) atoms. The molecule has 2 aromatic carbocycles. The van der Waals surface area contributed by atoms with E-state index < -0.39 is 11.8 Å². The van der Waals surface area contributed by atoms with E-state index in [1.54, 1.807) is 32.0 Å². The second kappa shape index (κ2) is 10.2. The van der Waals surface area contributed by atoms with Crippen molar-refractivity contribution in [2.75, 3.05) is 5.32 Å². The number of amides is 3. The van der Waals surface area contributed by atoms with E-state index in [1.807, 2.05) is 30.3 Å². The van der Waals surface area contributed by atoms with Crippen LogP contribution in [0.5, 0.6) is 0 Å². The lowest BCUT2D eigenvalue weighted by atomic mass is 10.2. The van der Waals surface area contributed by atoms with E-state index in [4.69, 9.17) is 11.6 Å². The maximum absolute atomic E-state index is 12.0. The molecule has 0 saturated heterocycles. The van der Waals surface area contributed by atoms with Gasteiger partial charge in [0.05, 0.1) is 6.42 Å². The molecule has 0 spiro atoms. The highest BCUT2D eigenvalue weighted by Crippen LogP contribution is 2.22. The summed E-state index contributed by atoms with van der Waals surface area (Å²) in [5, 5.41) is 9.50. The molecule has 0 atom stereocenters. The minimum atomic E-state index is -0.941. The molecule has 2 rings (SSSR count). The first-order valence-electron chi connectivity index (χ1n) is 8.57. The van der Waals surface area contributed by atoms with Crippen molar-refractivity contribution in [3.63, 3.8) is 0 Å². The third-order valence-corrected chi connectivity index (χ3v) is 4.23. The molecule has 0 saturated carbocycles. The maximum atomic E-state index is 12.0. The Morgan fingerprint density at radius 2 is 1.71 bits per heavy atom. The lowest BCUT2D eigenvalue weighted by Gasteiger charge is -2.09. The van der Waals surface area contributed by atoms with Gasteiger partial charge >= 0.3 is 11.8 Å². The van der Waals surface area contributed by atoms with Crippen molar-refractivity contribution in [2.45, 2.75) is 26.8 Å². The number of rotatable bonds is 6. The van der Waals surface area contributed by atoms with Crippen molar-refractivity contribution < 1.29 is 14.4 Å². The van der Waals surface area contributed by atoms with Crippen LogP contribution in [-0.4, -0.2) is 23.4 Å². The van der Waals surface area contributed by atoms with Gasteiger partial charge in [-0.15, -0.1) is 0 Å². The lowest BCUT2D eigenvalue weighted by Crippen LogP contribution is -2.33. The molecule has 7 nitrogen and oxygen atoms in total. The molecule has 0 radical (unpaired) electrons. The Kier molecular flexibility index (Phi) is 7.71. The molecule has 3 amide bonds. The van der Waals surface area contributed by atoms with Crippen molar-refractivity contribution in [3.05, 3.63) is 64.7 Å². The first-order valence-corrected chi connectivity index (χ1v) is 8.95. The number of anilines is 1. The predicted octanol–water partition coefficient (Wildman–Crippen LogP) is 2.79.